The molecule has 0 aromatic heterocycles. The molecule has 2 aliphatic rings. The van der Waals surface area contributed by atoms with Gasteiger partial charge in [-0.05, 0) is 25.1 Å². The first kappa shape index (κ1) is 21.4. The lowest BCUT2D eigenvalue weighted by atomic mass is 9.93. The van der Waals surface area contributed by atoms with E-state index in [1.165, 1.54) is 12.1 Å². The van der Waals surface area contributed by atoms with Crippen LogP contribution >= 0.6 is 0 Å². The maximum atomic E-state index is 14.3. The van der Waals surface area contributed by atoms with Crippen molar-refractivity contribution >= 4 is 29.0 Å². The summed E-state index contributed by atoms with van der Waals surface area (Å²) >= 11 is 0. The second-order valence-corrected chi connectivity index (χ2v) is 7.28. The van der Waals surface area contributed by atoms with Crippen molar-refractivity contribution in [1.82, 2.24) is 10.6 Å². The molecule has 30 heavy (non-hydrogen) atoms. The predicted octanol–water partition coefficient (Wildman–Crippen LogP) is 1.13. The van der Waals surface area contributed by atoms with Crippen molar-refractivity contribution < 1.29 is 33.4 Å². The second kappa shape index (κ2) is 8.23. The average molecular weight is 421 g/mol. The van der Waals surface area contributed by atoms with E-state index < -0.39 is 53.9 Å². The van der Waals surface area contributed by atoms with Crippen LogP contribution in [0.4, 0.5) is 14.5 Å². The summed E-state index contributed by atoms with van der Waals surface area (Å²) < 4.78 is 27.9. The van der Waals surface area contributed by atoms with Gasteiger partial charge in [-0.2, -0.15) is 0 Å². The Labute approximate surface area is 170 Å². The monoisotopic (exact) mass is 421 g/mol. The van der Waals surface area contributed by atoms with Crippen molar-refractivity contribution in [3.63, 3.8) is 0 Å². The molecular formula is C20H21F2N3O5. The minimum Gasteiger partial charge on any atom is -0.481 e. The Morgan fingerprint density at radius 2 is 2.03 bits per heavy atom. The number of nitrogens with one attached hydrogen (secondary N) is 3. The second-order valence-electron chi connectivity index (χ2n) is 7.28. The van der Waals surface area contributed by atoms with Crippen molar-refractivity contribution in [3.05, 3.63) is 46.7 Å². The molecule has 1 aromatic carbocycles. The molecule has 5 N–H and O–H groups in total. The zero-order valence-corrected chi connectivity index (χ0v) is 16.3. The topological polar surface area (TPSA) is 128 Å². The van der Waals surface area contributed by atoms with Gasteiger partial charge in [-0.1, -0.05) is 6.92 Å². The number of carbonyl (C=O) groups excluding carboxylic acids is 2. The molecule has 3 rings (SSSR count). The van der Waals surface area contributed by atoms with Gasteiger partial charge in [0.15, 0.2) is 11.6 Å². The number of anilines is 1. The van der Waals surface area contributed by atoms with Crippen LogP contribution in [0.3, 0.4) is 0 Å². The van der Waals surface area contributed by atoms with Crippen LogP contribution in [0.15, 0.2) is 29.5 Å². The zero-order valence-electron chi connectivity index (χ0n) is 16.3. The summed E-state index contributed by atoms with van der Waals surface area (Å²) in [5.74, 6) is -4.88. The summed E-state index contributed by atoms with van der Waals surface area (Å²) in [5, 5.41) is 26.3. The van der Waals surface area contributed by atoms with Crippen molar-refractivity contribution in [2.24, 2.45) is 5.92 Å². The lowest BCUT2D eigenvalue weighted by Crippen LogP contribution is -2.35. The van der Waals surface area contributed by atoms with Gasteiger partial charge < -0.3 is 26.2 Å². The molecule has 8 nitrogen and oxygen atoms in total. The van der Waals surface area contributed by atoms with Gasteiger partial charge in [0.1, 0.15) is 0 Å². The van der Waals surface area contributed by atoms with Crippen molar-refractivity contribution in [1.29, 1.82) is 0 Å². The van der Waals surface area contributed by atoms with Gasteiger partial charge in [0.05, 0.1) is 29.8 Å². The molecule has 0 bridgehead atoms. The highest BCUT2D eigenvalue weighted by atomic mass is 19.2. The molecular weight excluding hydrogens is 400 g/mol. The van der Waals surface area contributed by atoms with Gasteiger partial charge in [0, 0.05) is 29.3 Å². The summed E-state index contributed by atoms with van der Waals surface area (Å²) in [7, 11) is 0. The fraction of sp³-hybridized carbons (Fsp3) is 0.350. The summed E-state index contributed by atoms with van der Waals surface area (Å²) in [6.45, 7) is 3.14. The first-order valence-electron chi connectivity index (χ1n) is 9.27. The van der Waals surface area contributed by atoms with Gasteiger partial charge in [-0.25, -0.2) is 8.78 Å². The summed E-state index contributed by atoms with van der Waals surface area (Å²) in [6, 6.07) is 1.67. The molecule has 2 amide bonds. The van der Waals surface area contributed by atoms with E-state index >= 15 is 0 Å². The minimum absolute atomic E-state index is 0.0299. The summed E-state index contributed by atoms with van der Waals surface area (Å²) in [6.07, 6.45) is -0.277. The molecule has 0 radical (unpaired) electrons. The Balaban J connectivity index is 1.77. The number of hydrogen-bond donors (Lipinski definition) is 5. The Morgan fingerprint density at radius 1 is 1.33 bits per heavy atom. The summed E-state index contributed by atoms with van der Waals surface area (Å²) in [5.41, 5.74) is 0.871. The highest BCUT2D eigenvalue weighted by Crippen LogP contribution is 2.37. The third-order valence-corrected chi connectivity index (χ3v) is 5.14. The van der Waals surface area contributed by atoms with Gasteiger partial charge in [-0.15, -0.1) is 0 Å². The number of aliphatic hydroxyl groups is 1. The largest absolute Gasteiger partial charge is 0.481 e. The normalized spacial score (nSPS) is 22.6. The molecule has 0 fully saturated rings. The molecule has 10 heteroatoms. The van der Waals surface area contributed by atoms with Gasteiger partial charge in [-0.3, -0.25) is 14.4 Å². The highest BCUT2D eigenvalue weighted by molar-refractivity contribution is 6.31. The van der Waals surface area contributed by atoms with Gasteiger partial charge >= 0.3 is 5.97 Å². The van der Waals surface area contributed by atoms with Crippen molar-refractivity contribution in [2.45, 2.75) is 32.4 Å². The van der Waals surface area contributed by atoms with E-state index in [0.717, 1.165) is 6.07 Å². The first-order valence-corrected chi connectivity index (χ1v) is 9.27. The number of benzene rings is 1. The van der Waals surface area contributed by atoms with E-state index in [9.17, 15) is 28.3 Å². The molecule has 2 heterocycles. The number of rotatable bonds is 6. The maximum Gasteiger partial charge on any atom is 0.306 e. The Morgan fingerprint density at radius 3 is 2.70 bits per heavy atom. The first-order chi connectivity index (χ1) is 14.1. The molecule has 2 unspecified atom stereocenters. The third-order valence-electron chi connectivity index (χ3n) is 5.14. The number of hydrogen-bond acceptors (Lipinski definition) is 5. The molecule has 0 aliphatic carbocycles. The number of halogens is 2. The van der Waals surface area contributed by atoms with Gasteiger partial charge in [0.2, 0.25) is 5.91 Å². The van der Waals surface area contributed by atoms with Crippen LogP contribution in [0.1, 0.15) is 25.8 Å². The lowest BCUT2D eigenvalue weighted by molar-refractivity contribution is -0.139. The molecule has 1 aromatic rings. The van der Waals surface area contributed by atoms with Crippen LogP contribution in [-0.4, -0.2) is 46.7 Å². The van der Waals surface area contributed by atoms with Crippen LogP contribution in [0, 0.1) is 17.6 Å². The van der Waals surface area contributed by atoms with Crippen LogP contribution in [0.2, 0.25) is 0 Å². The number of aliphatic hydroxyl groups excluding tert-OH is 1. The maximum absolute atomic E-state index is 14.3. The molecule has 160 valence electrons. The molecule has 0 spiro atoms. The molecule has 2 aliphatic heterocycles. The van der Waals surface area contributed by atoms with Crippen LogP contribution in [0.5, 0.6) is 0 Å². The van der Waals surface area contributed by atoms with Crippen molar-refractivity contribution in [3.8, 4) is 0 Å². The number of allylic oxidation sites excluding steroid dienone is 1. The quantitative estimate of drug-likeness (QED) is 0.438. The zero-order chi connectivity index (χ0) is 22.2. The SMILES string of the molecule is CC1=C(C(=O)NC[C@H](O)CC(=O)O)C(C)C(/C=C2\C(=O)Nc3ccc(F)c(F)c32)N1. The fourth-order valence-corrected chi connectivity index (χ4v) is 3.68. The number of amides is 2. The van der Waals surface area contributed by atoms with Crippen LogP contribution in [-0.2, 0) is 14.4 Å². The number of fused-ring (bicyclic) bond motifs is 1. The minimum atomic E-state index is -1.23. The molecule has 0 saturated heterocycles. The van der Waals surface area contributed by atoms with Crippen molar-refractivity contribution in [2.75, 3.05) is 11.9 Å². The van der Waals surface area contributed by atoms with E-state index in [1.807, 2.05) is 0 Å². The van der Waals surface area contributed by atoms with E-state index in [-0.39, 0.29) is 23.4 Å². The average Bonchev–Trinajstić information content (AvgIpc) is 3.12. The van der Waals surface area contributed by atoms with Crippen LogP contribution < -0.4 is 16.0 Å². The molecule has 3 atom stereocenters. The highest BCUT2D eigenvalue weighted by Gasteiger charge is 2.36. The van der Waals surface area contributed by atoms with E-state index in [4.69, 9.17) is 5.11 Å². The fourth-order valence-electron chi connectivity index (χ4n) is 3.68. The van der Waals surface area contributed by atoms with Gasteiger partial charge in [0.25, 0.3) is 5.91 Å². The Hall–Kier alpha value is -3.27. The van der Waals surface area contributed by atoms with E-state index in [0.29, 0.717) is 11.3 Å². The van der Waals surface area contributed by atoms with E-state index in [2.05, 4.69) is 16.0 Å². The predicted molar refractivity (Wildman–Crippen MR) is 103 cm³/mol. The standard InChI is InChI=1S/C20H21F2N3O5/c1-8-14(6-11-17-13(25-19(11)29)4-3-12(21)18(17)22)24-9(2)16(8)20(30)23-7-10(26)5-15(27)28/h3-4,6,8,10,14,24,26H,5,7H2,1-2H3,(H,23,30)(H,25,29)(H,27,28)/b11-6-/t8?,10-,14?/m1/s1. The third kappa shape index (κ3) is 4.04. The van der Waals surface area contributed by atoms with E-state index in [1.54, 1.807) is 13.8 Å². The lowest BCUT2D eigenvalue weighted by Gasteiger charge is -2.16. The Kier molecular flexibility index (Phi) is 5.88. The van der Waals surface area contributed by atoms with Crippen LogP contribution in [0.25, 0.3) is 5.57 Å². The Bertz CT molecular complexity index is 989. The summed E-state index contributed by atoms with van der Waals surface area (Å²) in [4.78, 5) is 35.4. The smallest absolute Gasteiger partial charge is 0.306 e. The number of carbonyl (C=O) groups is 3. The number of carboxylic acids is 1. The number of carboxylic acid groups (broad SMARTS) is 1. The number of aliphatic carboxylic acids is 1. The molecule has 0 saturated carbocycles.